The molecule has 2 rings (SSSR count). The van der Waals surface area contributed by atoms with Crippen molar-refractivity contribution in [3.63, 3.8) is 0 Å². The summed E-state index contributed by atoms with van der Waals surface area (Å²) in [5, 5.41) is 5.87. The lowest BCUT2D eigenvalue weighted by Gasteiger charge is -2.15. The van der Waals surface area contributed by atoms with Gasteiger partial charge in [0, 0.05) is 28.0 Å². The molecule has 1 aromatic carbocycles. The van der Waals surface area contributed by atoms with E-state index in [-0.39, 0.29) is 0 Å². The third-order valence-corrected chi connectivity index (χ3v) is 4.16. The van der Waals surface area contributed by atoms with Crippen LogP contribution in [0.1, 0.15) is 26.7 Å². The van der Waals surface area contributed by atoms with Gasteiger partial charge < -0.3 is 5.32 Å². The molecule has 2 aromatic rings. The molecule has 1 N–H and O–H groups in total. The van der Waals surface area contributed by atoms with E-state index in [2.05, 4.69) is 58.3 Å². The highest BCUT2D eigenvalue weighted by Crippen LogP contribution is 2.27. The van der Waals surface area contributed by atoms with E-state index < -0.39 is 0 Å². The standard InChI is InChI=1S/C15H19BrN2/c1-3-11(4-2)10-18-15-13-6-5-7-14(16)12(13)8-9-17-15/h5-9,11H,3-4,10H2,1-2H3,(H,17,18). The highest BCUT2D eigenvalue weighted by molar-refractivity contribution is 9.10. The molecule has 96 valence electrons. The summed E-state index contributed by atoms with van der Waals surface area (Å²) in [7, 11) is 0. The van der Waals surface area contributed by atoms with Gasteiger partial charge in [-0.05, 0) is 18.1 Å². The summed E-state index contributed by atoms with van der Waals surface area (Å²) in [5.74, 6) is 1.70. The van der Waals surface area contributed by atoms with Gasteiger partial charge in [0.2, 0.25) is 0 Å². The molecule has 0 saturated heterocycles. The van der Waals surface area contributed by atoms with Crippen molar-refractivity contribution in [2.45, 2.75) is 26.7 Å². The van der Waals surface area contributed by atoms with Gasteiger partial charge in [-0.15, -0.1) is 0 Å². The Kier molecular flexibility index (Phi) is 4.59. The zero-order chi connectivity index (χ0) is 13.0. The fraction of sp³-hybridized carbons (Fsp3) is 0.400. The number of pyridine rings is 1. The van der Waals surface area contributed by atoms with E-state index in [0.717, 1.165) is 16.8 Å². The van der Waals surface area contributed by atoms with Crippen molar-refractivity contribution in [3.05, 3.63) is 34.9 Å². The summed E-state index contributed by atoms with van der Waals surface area (Å²) in [6.07, 6.45) is 4.28. The summed E-state index contributed by atoms with van der Waals surface area (Å²) in [6.45, 7) is 5.47. The summed E-state index contributed by atoms with van der Waals surface area (Å²) >= 11 is 3.58. The molecule has 0 bridgehead atoms. The van der Waals surface area contributed by atoms with Gasteiger partial charge in [0.1, 0.15) is 5.82 Å². The SMILES string of the molecule is CCC(CC)CNc1nccc2c(Br)cccc12. The number of hydrogen-bond acceptors (Lipinski definition) is 2. The average molecular weight is 307 g/mol. The Morgan fingerprint density at radius 1 is 1.17 bits per heavy atom. The molecule has 0 unspecified atom stereocenters. The van der Waals surface area contributed by atoms with Gasteiger partial charge in [-0.1, -0.05) is 54.8 Å². The highest BCUT2D eigenvalue weighted by Gasteiger charge is 2.07. The zero-order valence-corrected chi connectivity index (χ0v) is 12.5. The van der Waals surface area contributed by atoms with E-state index in [9.17, 15) is 0 Å². The van der Waals surface area contributed by atoms with E-state index in [0.29, 0.717) is 5.92 Å². The minimum atomic E-state index is 0.717. The molecule has 0 saturated carbocycles. The predicted molar refractivity (Wildman–Crippen MR) is 82.0 cm³/mol. The first-order valence-electron chi connectivity index (χ1n) is 6.53. The maximum atomic E-state index is 4.46. The van der Waals surface area contributed by atoms with Gasteiger partial charge in [-0.3, -0.25) is 0 Å². The Labute approximate surface area is 117 Å². The lowest BCUT2D eigenvalue weighted by molar-refractivity contribution is 0.518. The second-order valence-electron chi connectivity index (χ2n) is 4.56. The second kappa shape index (κ2) is 6.19. The molecule has 3 heteroatoms. The monoisotopic (exact) mass is 306 g/mol. The van der Waals surface area contributed by atoms with Gasteiger partial charge >= 0.3 is 0 Å². The predicted octanol–water partition coefficient (Wildman–Crippen LogP) is 4.85. The van der Waals surface area contributed by atoms with Crippen molar-refractivity contribution in [3.8, 4) is 0 Å². The van der Waals surface area contributed by atoms with Crippen LogP contribution in [0.25, 0.3) is 10.8 Å². The Morgan fingerprint density at radius 2 is 1.94 bits per heavy atom. The second-order valence-corrected chi connectivity index (χ2v) is 5.41. The van der Waals surface area contributed by atoms with Crippen LogP contribution < -0.4 is 5.32 Å². The van der Waals surface area contributed by atoms with Crippen LogP contribution in [0.4, 0.5) is 5.82 Å². The van der Waals surface area contributed by atoms with Crippen LogP contribution >= 0.6 is 15.9 Å². The molecule has 2 nitrogen and oxygen atoms in total. The van der Waals surface area contributed by atoms with Gasteiger partial charge in [-0.25, -0.2) is 4.98 Å². The van der Waals surface area contributed by atoms with E-state index in [4.69, 9.17) is 0 Å². The molecule has 18 heavy (non-hydrogen) atoms. The molecular formula is C15H19BrN2. The number of halogens is 1. The van der Waals surface area contributed by atoms with Crippen LogP contribution in [-0.2, 0) is 0 Å². The zero-order valence-electron chi connectivity index (χ0n) is 10.9. The molecule has 0 radical (unpaired) electrons. The van der Waals surface area contributed by atoms with Gasteiger partial charge in [-0.2, -0.15) is 0 Å². The van der Waals surface area contributed by atoms with Crippen molar-refractivity contribution in [1.29, 1.82) is 0 Å². The van der Waals surface area contributed by atoms with E-state index in [1.165, 1.54) is 23.6 Å². The van der Waals surface area contributed by atoms with E-state index in [1.54, 1.807) is 0 Å². The lowest BCUT2D eigenvalue weighted by atomic mass is 10.0. The van der Waals surface area contributed by atoms with Crippen molar-refractivity contribution in [2.24, 2.45) is 5.92 Å². The van der Waals surface area contributed by atoms with Gasteiger partial charge in [0.25, 0.3) is 0 Å². The molecule has 0 fully saturated rings. The van der Waals surface area contributed by atoms with Crippen LogP contribution in [-0.4, -0.2) is 11.5 Å². The Morgan fingerprint density at radius 3 is 2.67 bits per heavy atom. The van der Waals surface area contributed by atoms with Crippen LogP contribution in [0.5, 0.6) is 0 Å². The third kappa shape index (κ3) is 2.83. The van der Waals surface area contributed by atoms with Crippen molar-refractivity contribution in [2.75, 3.05) is 11.9 Å². The summed E-state index contributed by atoms with van der Waals surface area (Å²) in [4.78, 5) is 4.46. The average Bonchev–Trinajstić information content (AvgIpc) is 2.41. The maximum Gasteiger partial charge on any atom is 0.133 e. The van der Waals surface area contributed by atoms with Crippen molar-refractivity contribution < 1.29 is 0 Å². The number of rotatable bonds is 5. The van der Waals surface area contributed by atoms with Crippen molar-refractivity contribution >= 4 is 32.5 Å². The highest BCUT2D eigenvalue weighted by atomic mass is 79.9. The quantitative estimate of drug-likeness (QED) is 0.854. The van der Waals surface area contributed by atoms with Gasteiger partial charge in [0.15, 0.2) is 0 Å². The number of hydrogen-bond donors (Lipinski definition) is 1. The van der Waals surface area contributed by atoms with E-state index >= 15 is 0 Å². The number of nitrogens with zero attached hydrogens (tertiary/aromatic N) is 1. The molecular weight excluding hydrogens is 288 g/mol. The minimum absolute atomic E-state index is 0.717. The molecule has 0 aliphatic rings. The van der Waals surface area contributed by atoms with Crippen LogP contribution in [0.3, 0.4) is 0 Å². The third-order valence-electron chi connectivity index (χ3n) is 3.47. The maximum absolute atomic E-state index is 4.46. The fourth-order valence-electron chi connectivity index (χ4n) is 2.13. The Balaban J connectivity index is 2.26. The molecule has 0 spiro atoms. The summed E-state index contributed by atoms with van der Waals surface area (Å²) in [6, 6.07) is 8.27. The fourth-order valence-corrected chi connectivity index (χ4v) is 2.63. The Bertz CT molecular complexity index is 521. The molecule has 1 aromatic heterocycles. The van der Waals surface area contributed by atoms with Crippen LogP contribution in [0.2, 0.25) is 0 Å². The first-order valence-corrected chi connectivity index (χ1v) is 7.32. The van der Waals surface area contributed by atoms with Crippen LogP contribution in [0.15, 0.2) is 34.9 Å². The molecule has 0 aliphatic carbocycles. The largest absolute Gasteiger partial charge is 0.369 e. The molecule has 0 atom stereocenters. The number of aromatic nitrogens is 1. The number of benzene rings is 1. The number of fused-ring (bicyclic) bond motifs is 1. The smallest absolute Gasteiger partial charge is 0.133 e. The summed E-state index contributed by atoms with van der Waals surface area (Å²) < 4.78 is 1.12. The first kappa shape index (κ1) is 13.3. The lowest BCUT2D eigenvalue weighted by Crippen LogP contribution is -2.13. The normalized spacial score (nSPS) is 11.1. The van der Waals surface area contributed by atoms with Crippen LogP contribution in [0, 0.1) is 5.92 Å². The topological polar surface area (TPSA) is 24.9 Å². The minimum Gasteiger partial charge on any atom is -0.369 e. The molecule has 0 aliphatic heterocycles. The number of anilines is 1. The molecule has 0 amide bonds. The summed E-state index contributed by atoms with van der Waals surface area (Å²) in [5.41, 5.74) is 0. The van der Waals surface area contributed by atoms with Crippen molar-refractivity contribution in [1.82, 2.24) is 4.98 Å². The Hall–Kier alpha value is -1.09. The van der Waals surface area contributed by atoms with E-state index in [1.807, 2.05) is 12.3 Å². The van der Waals surface area contributed by atoms with Gasteiger partial charge in [0.05, 0.1) is 0 Å². The first-order chi connectivity index (χ1) is 8.76. The number of nitrogens with one attached hydrogen (secondary N) is 1. The molecule has 1 heterocycles.